The lowest BCUT2D eigenvalue weighted by atomic mass is 10.3. The number of hydrogen-bond donors (Lipinski definition) is 0. The van der Waals surface area contributed by atoms with Crippen LogP contribution in [0.25, 0.3) is 0 Å². The van der Waals surface area contributed by atoms with Crippen LogP contribution >= 0.6 is 0 Å². The first-order valence-electron chi connectivity index (χ1n) is 5.51. The second-order valence-corrected chi connectivity index (χ2v) is 3.94. The molecule has 0 aliphatic carbocycles. The predicted octanol–water partition coefficient (Wildman–Crippen LogP) is 0.478. The summed E-state index contributed by atoms with van der Waals surface area (Å²) in [5.74, 6) is 0.593. The first-order valence-corrected chi connectivity index (χ1v) is 5.51. The van der Waals surface area contributed by atoms with Gasteiger partial charge in [-0.25, -0.2) is 0 Å². The molecular formula is C10H17N3O3. The van der Waals surface area contributed by atoms with Crippen LogP contribution in [-0.4, -0.2) is 54.0 Å². The maximum atomic E-state index is 5.45. The van der Waals surface area contributed by atoms with Gasteiger partial charge in [0.15, 0.2) is 5.82 Å². The van der Waals surface area contributed by atoms with Crippen LogP contribution in [-0.2, 0) is 4.74 Å². The number of nitrogens with zero attached hydrogens (tertiary/aromatic N) is 3. The van der Waals surface area contributed by atoms with Crippen molar-refractivity contribution in [3.05, 3.63) is 5.82 Å². The highest BCUT2D eigenvalue weighted by atomic mass is 16.6. The van der Waals surface area contributed by atoms with Gasteiger partial charge >= 0.3 is 6.08 Å². The zero-order valence-electron chi connectivity index (χ0n) is 9.68. The molecule has 1 aliphatic rings. The molecule has 1 atom stereocenters. The van der Waals surface area contributed by atoms with E-state index >= 15 is 0 Å². The van der Waals surface area contributed by atoms with E-state index in [1.807, 2.05) is 0 Å². The molecule has 16 heavy (non-hydrogen) atoms. The summed E-state index contributed by atoms with van der Waals surface area (Å²) in [6.45, 7) is 7.96. The average Bonchev–Trinajstić information content (AvgIpc) is 2.64. The van der Waals surface area contributed by atoms with Crippen LogP contribution in [0.2, 0.25) is 0 Å². The Morgan fingerprint density at radius 1 is 1.56 bits per heavy atom. The number of aryl methyl sites for hydroxylation is 1. The Bertz CT molecular complexity index is 329. The van der Waals surface area contributed by atoms with Crippen LogP contribution in [0.5, 0.6) is 6.08 Å². The van der Waals surface area contributed by atoms with Crippen molar-refractivity contribution in [3.8, 4) is 6.08 Å². The topological polar surface area (TPSA) is 60.6 Å². The molecule has 0 amide bonds. The Labute approximate surface area is 94.5 Å². The third-order valence-corrected chi connectivity index (χ3v) is 2.47. The summed E-state index contributed by atoms with van der Waals surface area (Å²) in [5.41, 5.74) is 0. The van der Waals surface area contributed by atoms with E-state index in [-0.39, 0.29) is 6.08 Å². The van der Waals surface area contributed by atoms with E-state index in [2.05, 4.69) is 22.0 Å². The average molecular weight is 227 g/mol. The summed E-state index contributed by atoms with van der Waals surface area (Å²) in [7, 11) is 0. The SMILES string of the molecule is Cc1noc(OCCN2CCO[C@@H](C)C2)n1. The fourth-order valence-electron chi connectivity index (χ4n) is 1.69. The second kappa shape index (κ2) is 5.27. The smallest absolute Gasteiger partial charge is 0.417 e. The highest BCUT2D eigenvalue weighted by Crippen LogP contribution is 2.07. The Morgan fingerprint density at radius 3 is 3.12 bits per heavy atom. The lowest BCUT2D eigenvalue weighted by Crippen LogP contribution is -2.42. The molecule has 1 aliphatic heterocycles. The van der Waals surface area contributed by atoms with Crippen molar-refractivity contribution in [2.45, 2.75) is 20.0 Å². The third-order valence-electron chi connectivity index (χ3n) is 2.47. The summed E-state index contributed by atoms with van der Waals surface area (Å²) in [6, 6.07) is 0. The fourth-order valence-corrected chi connectivity index (χ4v) is 1.69. The monoisotopic (exact) mass is 227 g/mol. The minimum absolute atomic E-state index is 0.249. The van der Waals surface area contributed by atoms with Crippen molar-refractivity contribution in [2.24, 2.45) is 0 Å². The number of aromatic nitrogens is 2. The minimum atomic E-state index is 0.249. The Balaban J connectivity index is 1.67. The van der Waals surface area contributed by atoms with E-state index in [1.54, 1.807) is 6.92 Å². The molecular weight excluding hydrogens is 210 g/mol. The van der Waals surface area contributed by atoms with E-state index < -0.39 is 0 Å². The van der Waals surface area contributed by atoms with E-state index in [4.69, 9.17) is 14.0 Å². The standard InChI is InChI=1S/C10H17N3O3/c1-8-7-13(3-5-14-8)4-6-15-10-11-9(2)12-16-10/h8H,3-7H2,1-2H3/t8-/m0/s1. The van der Waals surface area contributed by atoms with Gasteiger partial charge in [0.2, 0.25) is 0 Å². The van der Waals surface area contributed by atoms with E-state index in [9.17, 15) is 0 Å². The molecule has 6 nitrogen and oxygen atoms in total. The summed E-state index contributed by atoms with van der Waals surface area (Å²) in [4.78, 5) is 6.27. The minimum Gasteiger partial charge on any atom is -0.448 e. The third kappa shape index (κ3) is 3.18. The molecule has 1 fully saturated rings. The molecule has 2 rings (SSSR count). The normalized spacial score (nSPS) is 22.2. The highest BCUT2D eigenvalue weighted by molar-refractivity contribution is 4.86. The van der Waals surface area contributed by atoms with Crippen LogP contribution in [0.4, 0.5) is 0 Å². The Kier molecular flexibility index (Phi) is 3.74. The van der Waals surface area contributed by atoms with Crippen molar-refractivity contribution >= 4 is 0 Å². The number of hydrogen-bond acceptors (Lipinski definition) is 6. The molecule has 90 valence electrons. The van der Waals surface area contributed by atoms with Crippen molar-refractivity contribution < 1.29 is 14.0 Å². The van der Waals surface area contributed by atoms with Crippen molar-refractivity contribution in [1.82, 2.24) is 15.0 Å². The zero-order valence-corrected chi connectivity index (χ0v) is 9.68. The molecule has 1 saturated heterocycles. The van der Waals surface area contributed by atoms with Gasteiger partial charge in [-0.2, -0.15) is 4.98 Å². The Hall–Kier alpha value is -1.14. The van der Waals surface area contributed by atoms with Gasteiger partial charge in [-0.1, -0.05) is 5.16 Å². The second-order valence-electron chi connectivity index (χ2n) is 3.94. The molecule has 0 bridgehead atoms. The zero-order chi connectivity index (χ0) is 11.4. The number of morpholine rings is 1. The Morgan fingerprint density at radius 2 is 2.44 bits per heavy atom. The summed E-state index contributed by atoms with van der Waals surface area (Å²) >= 11 is 0. The largest absolute Gasteiger partial charge is 0.448 e. The van der Waals surface area contributed by atoms with Gasteiger partial charge < -0.3 is 9.47 Å². The highest BCUT2D eigenvalue weighted by Gasteiger charge is 2.16. The van der Waals surface area contributed by atoms with Gasteiger partial charge in [0, 0.05) is 19.6 Å². The predicted molar refractivity (Wildman–Crippen MR) is 56.4 cm³/mol. The number of ether oxygens (including phenoxy) is 2. The number of rotatable bonds is 4. The van der Waals surface area contributed by atoms with Gasteiger partial charge in [-0.05, 0) is 13.8 Å². The lowest BCUT2D eigenvalue weighted by Gasteiger charge is -2.30. The molecule has 0 radical (unpaired) electrons. The molecule has 0 aromatic carbocycles. The van der Waals surface area contributed by atoms with E-state index in [0.717, 1.165) is 26.2 Å². The fraction of sp³-hybridized carbons (Fsp3) is 0.800. The van der Waals surface area contributed by atoms with Crippen LogP contribution in [0, 0.1) is 6.92 Å². The van der Waals surface area contributed by atoms with Crippen LogP contribution < -0.4 is 4.74 Å². The van der Waals surface area contributed by atoms with Crippen molar-refractivity contribution in [3.63, 3.8) is 0 Å². The van der Waals surface area contributed by atoms with Gasteiger partial charge in [-0.15, -0.1) is 0 Å². The first-order chi connectivity index (χ1) is 7.74. The summed E-state index contributed by atoms with van der Waals surface area (Å²) in [5, 5.41) is 3.65. The van der Waals surface area contributed by atoms with Crippen LogP contribution in [0.15, 0.2) is 4.52 Å². The maximum Gasteiger partial charge on any atom is 0.417 e. The van der Waals surface area contributed by atoms with Crippen molar-refractivity contribution in [1.29, 1.82) is 0 Å². The molecule has 6 heteroatoms. The van der Waals surface area contributed by atoms with Gasteiger partial charge in [0.25, 0.3) is 0 Å². The van der Waals surface area contributed by atoms with Gasteiger partial charge in [0.1, 0.15) is 6.61 Å². The van der Waals surface area contributed by atoms with Crippen molar-refractivity contribution in [2.75, 3.05) is 32.8 Å². The molecule has 0 saturated carbocycles. The molecule has 0 N–H and O–H groups in total. The van der Waals surface area contributed by atoms with E-state index in [1.165, 1.54) is 0 Å². The van der Waals surface area contributed by atoms with Gasteiger partial charge in [0.05, 0.1) is 12.7 Å². The van der Waals surface area contributed by atoms with Gasteiger partial charge in [-0.3, -0.25) is 9.42 Å². The molecule has 0 spiro atoms. The first kappa shape index (κ1) is 11.3. The molecule has 1 aromatic rings. The molecule has 1 aromatic heterocycles. The van der Waals surface area contributed by atoms with Crippen LogP contribution in [0.3, 0.4) is 0 Å². The lowest BCUT2D eigenvalue weighted by molar-refractivity contribution is -0.0224. The van der Waals surface area contributed by atoms with Crippen LogP contribution in [0.1, 0.15) is 12.7 Å². The quantitative estimate of drug-likeness (QED) is 0.745. The summed E-state index contributed by atoms with van der Waals surface area (Å²) < 4.78 is 15.6. The molecule has 2 heterocycles. The maximum absolute atomic E-state index is 5.45. The van der Waals surface area contributed by atoms with E-state index in [0.29, 0.717) is 18.5 Å². The molecule has 0 unspecified atom stereocenters. The summed E-state index contributed by atoms with van der Waals surface area (Å²) in [6.07, 6.45) is 0.554.